The molecule has 2 aromatic carbocycles. The molecule has 2 heterocycles. The standard InChI is InChI=1S/C39H59N3O3/c1-27(2)13-10-14-28(3)15-11-16-29(4)17-12-23-39(8)24-22-36-32(7)37(30(5)31(6)38(36)45-39)44-26-33-25-42(41-40-33)34-18-20-35(43-9)21-19-34/h18-21,25,27-29H,10-17,22-24,26H2,1-9H3/t28-,29-,39-/m1/s1. The van der Waals surface area contributed by atoms with Crippen LogP contribution in [-0.4, -0.2) is 27.7 Å². The van der Waals surface area contributed by atoms with Crippen LogP contribution in [0.5, 0.6) is 17.2 Å². The zero-order valence-corrected chi connectivity index (χ0v) is 29.7. The van der Waals surface area contributed by atoms with Crippen molar-refractivity contribution in [1.82, 2.24) is 15.0 Å². The first-order valence-electron chi connectivity index (χ1n) is 17.5. The van der Waals surface area contributed by atoms with Gasteiger partial charge in [0.1, 0.15) is 35.2 Å². The van der Waals surface area contributed by atoms with Crippen LogP contribution in [-0.2, 0) is 13.0 Å². The van der Waals surface area contributed by atoms with E-state index in [1.165, 1.54) is 68.1 Å². The van der Waals surface area contributed by atoms with Crippen LogP contribution in [0.3, 0.4) is 0 Å². The Balaban J connectivity index is 1.28. The van der Waals surface area contributed by atoms with Gasteiger partial charge in [-0.25, -0.2) is 4.68 Å². The molecule has 0 aliphatic carbocycles. The molecule has 6 nitrogen and oxygen atoms in total. The normalized spacial score (nSPS) is 17.6. The van der Waals surface area contributed by atoms with E-state index in [0.717, 1.165) is 71.2 Å². The number of rotatable bonds is 17. The van der Waals surface area contributed by atoms with Crippen molar-refractivity contribution >= 4 is 0 Å². The minimum absolute atomic E-state index is 0.108. The highest BCUT2D eigenvalue weighted by molar-refractivity contribution is 5.59. The summed E-state index contributed by atoms with van der Waals surface area (Å²) >= 11 is 0. The predicted molar refractivity (Wildman–Crippen MR) is 185 cm³/mol. The summed E-state index contributed by atoms with van der Waals surface area (Å²) in [5.41, 5.74) is 6.42. The molecular weight excluding hydrogens is 558 g/mol. The fraction of sp³-hybridized carbons (Fsp3) is 0.641. The van der Waals surface area contributed by atoms with Crippen LogP contribution in [0.1, 0.15) is 127 Å². The Labute approximate surface area is 273 Å². The average Bonchev–Trinajstić information content (AvgIpc) is 3.49. The second-order valence-corrected chi connectivity index (χ2v) is 14.6. The summed E-state index contributed by atoms with van der Waals surface area (Å²) in [6.07, 6.45) is 15.9. The van der Waals surface area contributed by atoms with Gasteiger partial charge in [-0.1, -0.05) is 77.9 Å². The van der Waals surface area contributed by atoms with Gasteiger partial charge in [-0.2, -0.15) is 0 Å². The summed E-state index contributed by atoms with van der Waals surface area (Å²) in [6, 6.07) is 7.77. The summed E-state index contributed by atoms with van der Waals surface area (Å²) in [7, 11) is 1.66. The lowest BCUT2D eigenvalue weighted by Crippen LogP contribution is -2.37. The molecule has 1 aliphatic heterocycles. The van der Waals surface area contributed by atoms with Crippen molar-refractivity contribution in [3.8, 4) is 22.9 Å². The summed E-state index contributed by atoms with van der Waals surface area (Å²) < 4.78 is 20.3. The van der Waals surface area contributed by atoms with Crippen LogP contribution in [0.2, 0.25) is 0 Å². The van der Waals surface area contributed by atoms with Gasteiger partial charge in [-0.3, -0.25) is 0 Å². The van der Waals surface area contributed by atoms with Gasteiger partial charge in [-0.15, -0.1) is 5.10 Å². The van der Waals surface area contributed by atoms with Crippen LogP contribution in [0.4, 0.5) is 0 Å². The average molecular weight is 618 g/mol. The van der Waals surface area contributed by atoms with Crippen LogP contribution >= 0.6 is 0 Å². The molecule has 1 aromatic heterocycles. The smallest absolute Gasteiger partial charge is 0.134 e. The van der Waals surface area contributed by atoms with Gasteiger partial charge in [0, 0.05) is 5.56 Å². The van der Waals surface area contributed by atoms with E-state index in [0.29, 0.717) is 6.61 Å². The molecule has 1 aliphatic rings. The van der Waals surface area contributed by atoms with Crippen LogP contribution in [0, 0.1) is 38.5 Å². The number of benzene rings is 2. The first kappa shape index (κ1) is 34.8. The first-order valence-corrected chi connectivity index (χ1v) is 17.5. The minimum atomic E-state index is -0.108. The topological polar surface area (TPSA) is 58.4 Å². The highest BCUT2D eigenvalue weighted by Crippen LogP contribution is 2.45. The molecule has 3 atom stereocenters. The molecule has 45 heavy (non-hydrogen) atoms. The lowest BCUT2D eigenvalue weighted by Gasteiger charge is -2.38. The first-order chi connectivity index (χ1) is 21.5. The number of hydrogen-bond donors (Lipinski definition) is 0. The molecule has 0 unspecified atom stereocenters. The van der Waals surface area contributed by atoms with Crippen LogP contribution in [0.15, 0.2) is 30.5 Å². The van der Waals surface area contributed by atoms with Crippen LogP contribution in [0.25, 0.3) is 5.69 Å². The largest absolute Gasteiger partial charge is 0.497 e. The maximum absolute atomic E-state index is 6.86. The van der Waals surface area contributed by atoms with Crippen molar-refractivity contribution in [3.63, 3.8) is 0 Å². The molecule has 0 N–H and O–H groups in total. The summed E-state index contributed by atoms with van der Waals surface area (Å²) in [5.74, 6) is 5.33. The SMILES string of the molecule is COc1ccc(-n2cc(COc3c(C)c(C)c4c(c3C)CC[C@@](C)(CCC[C@H](C)CCC[C@H](C)CCCC(C)C)O4)nn2)cc1. The van der Waals surface area contributed by atoms with E-state index in [4.69, 9.17) is 14.2 Å². The number of hydrogen-bond acceptors (Lipinski definition) is 5. The lowest BCUT2D eigenvalue weighted by molar-refractivity contribution is 0.0511. The Morgan fingerprint density at radius 1 is 0.867 bits per heavy atom. The van der Waals surface area contributed by atoms with E-state index in [2.05, 4.69) is 65.7 Å². The third-order valence-electron chi connectivity index (χ3n) is 10.1. The molecule has 248 valence electrons. The van der Waals surface area contributed by atoms with E-state index < -0.39 is 0 Å². The highest BCUT2D eigenvalue weighted by Gasteiger charge is 2.34. The second-order valence-electron chi connectivity index (χ2n) is 14.6. The van der Waals surface area contributed by atoms with Crippen molar-refractivity contribution in [2.24, 2.45) is 17.8 Å². The van der Waals surface area contributed by atoms with Crippen molar-refractivity contribution in [1.29, 1.82) is 0 Å². The van der Waals surface area contributed by atoms with Gasteiger partial charge in [0.2, 0.25) is 0 Å². The molecule has 4 rings (SSSR count). The summed E-state index contributed by atoms with van der Waals surface area (Å²) in [4.78, 5) is 0. The Hall–Kier alpha value is -3.02. The number of aromatic nitrogens is 3. The molecule has 0 spiro atoms. The van der Waals surface area contributed by atoms with Gasteiger partial charge >= 0.3 is 0 Å². The fourth-order valence-electron chi connectivity index (χ4n) is 6.85. The molecule has 0 fully saturated rings. The lowest BCUT2D eigenvalue weighted by atomic mass is 9.83. The van der Waals surface area contributed by atoms with Crippen molar-refractivity contribution in [2.45, 2.75) is 138 Å². The highest BCUT2D eigenvalue weighted by atomic mass is 16.5. The van der Waals surface area contributed by atoms with E-state index in [9.17, 15) is 0 Å². The zero-order chi connectivity index (χ0) is 32.6. The Bertz CT molecular complexity index is 1360. The third kappa shape index (κ3) is 9.50. The minimum Gasteiger partial charge on any atom is -0.497 e. The van der Waals surface area contributed by atoms with E-state index in [1.54, 1.807) is 11.8 Å². The second kappa shape index (κ2) is 16.0. The molecule has 3 aromatic rings. The van der Waals surface area contributed by atoms with E-state index >= 15 is 0 Å². The molecule has 0 radical (unpaired) electrons. The van der Waals surface area contributed by atoms with Crippen LogP contribution < -0.4 is 14.2 Å². The van der Waals surface area contributed by atoms with Crippen molar-refractivity contribution < 1.29 is 14.2 Å². The number of ether oxygens (including phenoxy) is 3. The van der Waals surface area contributed by atoms with Gasteiger partial charge in [0.15, 0.2) is 0 Å². The zero-order valence-electron chi connectivity index (χ0n) is 29.7. The quantitative estimate of drug-likeness (QED) is 0.151. The summed E-state index contributed by atoms with van der Waals surface area (Å²) in [6.45, 7) is 18.7. The Morgan fingerprint density at radius 2 is 1.51 bits per heavy atom. The molecule has 0 saturated carbocycles. The number of methoxy groups -OCH3 is 1. The van der Waals surface area contributed by atoms with Crippen molar-refractivity contribution in [3.05, 3.63) is 58.4 Å². The van der Waals surface area contributed by atoms with Gasteiger partial charge < -0.3 is 14.2 Å². The van der Waals surface area contributed by atoms with Gasteiger partial charge in [0.25, 0.3) is 0 Å². The van der Waals surface area contributed by atoms with Crippen molar-refractivity contribution in [2.75, 3.05) is 7.11 Å². The molecule has 0 saturated heterocycles. The Kier molecular flexibility index (Phi) is 12.4. The predicted octanol–water partition coefficient (Wildman–Crippen LogP) is 10.3. The molecular formula is C39H59N3O3. The monoisotopic (exact) mass is 617 g/mol. The Morgan fingerprint density at radius 3 is 2.16 bits per heavy atom. The number of nitrogens with zero attached hydrogens (tertiary/aromatic N) is 3. The maximum Gasteiger partial charge on any atom is 0.134 e. The fourth-order valence-corrected chi connectivity index (χ4v) is 6.85. The molecule has 6 heteroatoms. The van der Waals surface area contributed by atoms with E-state index in [-0.39, 0.29) is 5.60 Å². The summed E-state index contributed by atoms with van der Waals surface area (Å²) in [5, 5.41) is 8.65. The van der Waals surface area contributed by atoms with Gasteiger partial charge in [-0.05, 0) is 112 Å². The molecule has 0 amide bonds. The number of fused-ring (bicyclic) bond motifs is 1. The van der Waals surface area contributed by atoms with Gasteiger partial charge in [0.05, 0.1) is 19.0 Å². The van der Waals surface area contributed by atoms with E-state index in [1.807, 2.05) is 30.5 Å². The molecule has 0 bridgehead atoms. The third-order valence-corrected chi connectivity index (χ3v) is 10.1. The maximum atomic E-state index is 6.86.